The molecule has 180 valence electrons. The maximum atomic E-state index is 13.4. The van der Waals surface area contributed by atoms with Crippen LogP contribution in [0.25, 0.3) is 0 Å². The maximum absolute atomic E-state index is 13.4. The third-order valence-corrected chi connectivity index (χ3v) is 7.62. The summed E-state index contributed by atoms with van der Waals surface area (Å²) in [6.45, 7) is 5.28. The summed E-state index contributed by atoms with van der Waals surface area (Å²) in [6.07, 6.45) is 1.82. The summed E-state index contributed by atoms with van der Waals surface area (Å²) in [7, 11) is -3.73. The van der Waals surface area contributed by atoms with Crippen molar-refractivity contribution in [3.8, 4) is 0 Å². The fraction of sp³-hybridized carbons (Fsp3) is 0.391. The van der Waals surface area contributed by atoms with Crippen molar-refractivity contribution in [2.24, 2.45) is 0 Å². The van der Waals surface area contributed by atoms with E-state index in [-0.39, 0.29) is 18.5 Å². The summed E-state index contributed by atoms with van der Waals surface area (Å²) in [5, 5.41) is 2.91. The van der Waals surface area contributed by atoms with Crippen molar-refractivity contribution in [3.05, 3.63) is 62.1 Å². The first-order valence-electron chi connectivity index (χ1n) is 10.5. The maximum Gasteiger partial charge on any atom is 0.244 e. The summed E-state index contributed by atoms with van der Waals surface area (Å²) < 4.78 is 28.0. The Kier molecular flexibility index (Phi) is 10.2. The molecule has 0 radical (unpaired) electrons. The van der Waals surface area contributed by atoms with Gasteiger partial charge in [0.2, 0.25) is 21.8 Å². The Balaban J connectivity index is 2.36. The van der Waals surface area contributed by atoms with E-state index in [2.05, 4.69) is 43.8 Å². The molecule has 0 aliphatic carbocycles. The molecule has 0 aliphatic rings. The van der Waals surface area contributed by atoms with E-state index in [0.29, 0.717) is 5.69 Å². The SMILES string of the molecule is CC[C@H](C)NC(=O)[C@H](C)N(Cc1ccc(Br)cc1)C(=O)CN(c1ccc(I)cc1)S(C)(=O)=O. The Hall–Kier alpha value is -1.66. The number of anilines is 1. The van der Waals surface area contributed by atoms with Crippen molar-refractivity contribution in [1.29, 1.82) is 0 Å². The van der Waals surface area contributed by atoms with Crippen LogP contribution in [0, 0.1) is 3.57 Å². The van der Waals surface area contributed by atoms with Crippen molar-refractivity contribution in [2.45, 2.75) is 45.8 Å². The smallest absolute Gasteiger partial charge is 0.244 e. The van der Waals surface area contributed by atoms with Gasteiger partial charge >= 0.3 is 0 Å². The molecule has 0 aromatic heterocycles. The van der Waals surface area contributed by atoms with E-state index in [1.165, 1.54) is 4.90 Å². The van der Waals surface area contributed by atoms with Crippen LogP contribution in [0.1, 0.15) is 32.8 Å². The summed E-state index contributed by atoms with van der Waals surface area (Å²) in [4.78, 5) is 27.7. The summed E-state index contributed by atoms with van der Waals surface area (Å²) >= 11 is 5.52. The van der Waals surface area contributed by atoms with Gasteiger partial charge in [0.05, 0.1) is 11.9 Å². The molecule has 0 bridgehead atoms. The quantitative estimate of drug-likeness (QED) is 0.392. The first-order valence-corrected chi connectivity index (χ1v) is 14.2. The zero-order valence-electron chi connectivity index (χ0n) is 19.1. The molecule has 0 spiro atoms. The molecule has 10 heteroatoms. The van der Waals surface area contributed by atoms with Gasteiger partial charge in [-0.25, -0.2) is 8.42 Å². The number of hydrogen-bond donors (Lipinski definition) is 1. The molecule has 2 aromatic rings. The molecule has 0 saturated heterocycles. The molecular weight excluding hydrogens is 621 g/mol. The number of carbonyl (C=O) groups is 2. The molecule has 2 rings (SSSR count). The molecule has 0 fully saturated rings. The van der Waals surface area contributed by atoms with E-state index in [0.717, 1.165) is 30.6 Å². The van der Waals surface area contributed by atoms with Crippen molar-refractivity contribution in [2.75, 3.05) is 17.1 Å². The first-order chi connectivity index (χ1) is 15.4. The number of sulfonamides is 1. The van der Waals surface area contributed by atoms with Gasteiger partial charge < -0.3 is 10.2 Å². The highest BCUT2D eigenvalue weighted by molar-refractivity contribution is 14.1. The van der Waals surface area contributed by atoms with Crippen LogP contribution in [0.3, 0.4) is 0 Å². The molecule has 7 nitrogen and oxygen atoms in total. The second-order valence-electron chi connectivity index (χ2n) is 7.89. The van der Waals surface area contributed by atoms with Crippen molar-refractivity contribution in [1.82, 2.24) is 10.2 Å². The monoisotopic (exact) mass is 649 g/mol. The number of halogens is 2. The minimum atomic E-state index is -3.73. The molecule has 1 N–H and O–H groups in total. The number of benzene rings is 2. The van der Waals surface area contributed by atoms with E-state index >= 15 is 0 Å². The van der Waals surface area contributed by atoms with Crippen LogP contribution >= 0.6 is 38.5 Å². The van der Waals surface area contributed by atoms with Crippen molar-refractivity contribution in [3.63, 3.8) is 0 Å². The lowest BCUT2D eigenvalue weighted by Crippen LogP contribution is -2.52. The summed E-state index contributed by atoms with van der Waals surface area (Å²) in [5.41, 5.74) is 1.22. The average molecular weight is 650 g/mol. The van der Waals surface area contributed by atoms with E-state index in [1.54, 1.807) is 31.2 Å². The Morgan fingerprint density at radius 3 is 2.15 bits per heavy atom. The predicted octanol–water partition coefficient (Wildman–Crippen LogP) is 4.15. The van der Waals surface area contributed by atoms with Gasteiger partial charge in [-0.1, -0.05) is 35.0 Å². The normalized spacial score (nSPS) is 13.2. The number of nitrogens with zero attached hydrogens (tertiary/aromatic N) is 2. The first kappa shape index (κ1) is 27.6. The third kappa shape index (κ3) is 8.25. The van der Waals surface area contributed by atoms with Crippen LogP contribution in [-0.4, -0.2) is 50.0 Å². The number of amides is 2. The lowest BCUT2D eigenvalue weighted by atomic mass is 10.1. The van der Waals surface area contributed by atoms with E-state index < -0.39 is 28.5 Å². The molecule has 0 saturated carbocycles. The lowest BCUT2D eigenvalue weighted by Gasteiger charge is -2.32. The number of rotatable bonds is 10. The molecule has 0 unspecified atom stereocenters. The van der Waals surface area contributed by atoms with Crippen LogP contribution in [-0.2, 0) is 26.2 Å². The van der Waals surface area contributed by atoms with E-state index in [1.807, 2.05) is 38.1 Å². The molecule has 2 amide bonds. The van der Waals surface area contributed by atoms with Gasteiger partial charge in [0.15, 0.2) is 0 Å². The third-order valence-electron chi connectivity index (χ3n) is 5.23. The van der Waals surface area contributed by atoms with E-state index in [9.17, 15) is 18.0 Å². The van der Waals surface area contributed by atoms with Crippen LogP contribution in [0.5, 0.6) is 0 Å². The number of hydrogen-bond acceptors (Lipinski definition) is 4. The van der Waals surface area contributed by atoms with Gasteiger partial charge in [-0.3, -0.25) is 13.9 Å². The largest absolute Gasteiger partial charge is 0.352 e. The van der Waals surface area contributed by atoms with Gasteiger partial charge in [-0.15, -0.1) is 0 Å². The van der Waals surface area contributed by atoms with Crippen LogP contribution in [0.4, 0.5) is 5.69 Å². The Morgan fingerprint density at radius 2 is 1.64 bits per heavy atom. The fourth-order valence-electron chi connectivity index (χ4n) is 3.06. The molecule has 33 heavy (non-hydrogen) atoms. The Bertz CT molecular complexity index is 1060. The molecule has 2 aromatic carbocycles. The van der Waals surface area contributed by atoms with Gasteiger partial charge in [0.1, 0.15) is 12.6 Å². The second-order valence-corrected chi connectivity index (χ2v) is 12.0. The Morgan fingerprint density at radius 1 is 1.06 bits per heavy atom. The second kappa shape index (κ2) is 12.2. The standard InChI is InChI=1S/C23H29BrIN3O4S/c1-5-16(2)26-23(30)17(3)27(14-18-6-8-19(24)9-7-18)22(29)15-28(33(4,31)32)21-12-10-20(25)11-13-21/h6-13,16-17H,5,14-15H2,1-4H3,(H,26,30)/t16-,17-/m0/s1. The van der Waals surface area contributed by atoms with Crippen LogP contribution in [0.15, 0.2) is 53.0 Å². The minimum absolute atomic E-state index is 0.0381. The van der Waals surface area contributed by atoms with Gasteiger partial charge in [-0.05, 0) is 84.8 Å². The molecular formula is C23H29BrIN3O4S. The van der Waals surface area contributed by atoms with Crippen LogP contribution < -0.4 is 9.62 Å². The zero-order valence-corrected chi connectivity index (χ0v) is 23.6. The van der Waals surface area contributed by atoms with E-state index in [4.69, 9.17) is 0 Å². The van der Waals surface area contributed by atoms with Gasteiger partial charge in [0, 0.05) is 20.6 Å². The fourth-order valence-corrected chi connectivity index (χ4v) is 4.53. The van der Waals surface area contributed by atoms with Crippen molar-refractivity contribution < 1.29 is 18.0 Å². The summed E-state index contributed by atoms with van der Waals surface area (Å²) in [5.74, 6) is -0.747. The highest BCUT2D eigenvalue weighted by Crippen LogP contribution is 2.21. The van der Waals surface area contributed by atoms with Gasteiger partial charge in [0.25, 0.3) is 0 Å². The highest BCUT2D eigenvalue weighted by Gasteiger charge is 2.30. The highest BCUT2D eigenvalue weighted by atomic mass is 127. The Labute approximate surface area is 218 Å². The lowest BCUT2D eigenvalue weighted by molar-refractivity contribution is -0.139. The average Bonchev–Trinajstić information content (AvgIpc) is 2.76. The zero-order chi connectivity index (χ0) is 24.8. The molecule has 0 aliphatic heterocycles. The van der Waals surface area contributed by atoms with Crippen molar-refractivity contribution >= 4 is 66.0 Å². The number of carbonyl (C=O) groups excluding carboxylic acids is 2. The molecule has 0 heterocycles. The van der Waals surface area contributed by atoms with Gasteiger partial charge in [-0.2, -0.15) is 0 Å². The summed E-state index contributed by atoms with van der Waals surface area (Å²) in [6, 6.07) is 13.5. The topological polar surface area (TPSA) is 86.8 Å². The minimum Gasteiger partial charge on any atom is -0.352 e. The number of nitrogens with one attached hydrogen (secondary N) is 1. The van der Waals surface area contributed by atoms with Crippen LogP contribution in [0.2, 0.25) is 0 Å². The predicted molar refractivity (Wildman–Crippen MR) is 143 cm³/mol. The molecule has 2 atom stereocenters.